The first kappa shape index (κ1) is 18.2. The lowest BCUT2D eigenvalue weighted by Gasteiger charge is -2.14. The van der Waals surface area contributed by atoms with Gasteiger partial charge in [0, 0.05) is 29.0 Å². The Kier molecular flexibility index (Phi) is 5.38. The summed E-state index contributed by atoms with van der Waals surface area (Å²) in [6.07, 6.45) is 0. The molecule has 2 N–H and O–H groups in total. The van der Waals surface area contributed by atoms with Gasteiger partial charge in [0.25, 0.3) is 11.8 Å². The number of thioether (sulfide) groups is 1. The Balaban J connectivity index is 1.37. The van der Waals surface area contributed by atoms with Crippen LogP contribution in [0, 0.1) is 0 Å². The quantitative estimate of drug-likeness (QED) is 0.806. The summed E-state index contributed by atoms with van der Waals surface area (Å²) >= 11 is 1.53. The number of ether oxygens (including phenoxy) is 3. The second-order valence-electron chi connectivity index (χ2n) is 6.11. The standard InChI is InChI=1S/C20H18N2O5S/c23-19(21-10-13-4-5-16-17(8-13)27-12-26-16)14-2-1-3-15(9-14)22-20(24)18-11-28-7-6-25-18/h1-5,8-9,11H,6-7,10,12H2,(H,21,23)(H,22,24). The van der Waals surface area contributed by atoms with E-state index < -0.39 is 0 Å². The highest BCUT2D eigenvalue weighted by Crippen LogP contribution is 2.32. The van der Waals surface area contributed by atoms with Crippen molar-refractivity contribution in [2.24, 2.45) is 0 Å². The van der Waals surface area contributed by atoms with E-state index in [1.807, 2.05) is 18.2 Å². The first-order valence-corrected chi connectivity index (χ1v) is 9.76. The molecule has 0 unspecified atom stereocenters. The van der Waals surface area contributed by atoms with E-state index in [4.69, 9.17) is 14.2 Å². The maximum atomic E-state index is 12.5. The molecule has 0 fully saturated rings. The van der Waals surface area contributed by atoms with Crippen LogP contribution in [0.3, 0.4) is 0 Å². The van der Waals surface area contributed by atoms with Gasteiger partial charge in [-0.2, -0.15) is 0 Å². The van der Waals surface area contributed by atoms with Crippen LogP contribution in [0.4, 0.5) is 5.69 Å². The number of rotatable bonds is 5. The van der Waals surface area contributed by atoms with Gasteiger partial charge in [-0.25, -0.2) is 0 Å². The molecule has 28 heavy (non-hydrogen) atoms. The van der Waals surface area contributed by atoms with Crippen molar-refractivity contribution in [3.05, 3.63) is 64.8 Å². The van der Waals surface area contributed by atoms with E-state index in [-0.39, 0.29) is 24.4 Å². The highest BCUT2D eigenvalue weighted by Gasteiger charge is 2.16. The van der Waals surface area contributed by atoms with Gasteiger partial charge >= 0.3 is 0 Å². The number of carbonyl (C=O) groups excluding carboxylic acids is 2. The van der Waals surface area contributed by atoms with Crippen LogP contribution in [0.2, 0.25) is 0 Å². The third-order valence-electron chi connectivity index (χ3n) is 4.15. The number of hydrogen-bond donors (Lipinski definition) is 2. The first-order valence-electron chi connectivity index (χ1n) is 8.72. The van der Waals surface area contributed by atoms with Crippen molar-refractivity contribution in [3.8, 4) is 11.5 Å². The third kappa shape index (κ3) is 4.23. The fourth-order valence-electron chi connectivity index (χ4n) is 2.75. The molecule has 2 aromatic carbocycles. The molecule has 0 radical (unpaired) electrons. The van der Waals surface area contributed by atoms with Crippen LogP contribution in [0.5, 0.6) is 11.5 Å². The zero-order chi connectivity index (χ0) is 19.3. The summed E-state index contributed by atoms with van der Waals surface area (Å²) in [6.45, 7) is 1.07. The van der Waals surface area contributed by atoms with Crippen molar-refractivity contribution in [2.75, 3.05) is 24.5 Å². The van der Waals surface area contributed by atoms with Crippen molar-refractivity contribution in [3.63, 3.8) is 0 Å². The maximum absolute atomic E-state index is 12.5. The number of carbonyl (C=O) groups is 2. The highest BCUT2D eigenvalue weighted by molar-refractivity contribution is 8.02. The molecule has 0 saturated carbocycles. The van der Waals surface area contributed by atoms with Crippen LogP contribution >= 0.6 is 11.8 Å². The smallest absolute Gasteiger partial charge is 0.291 e. The largest absolute Gasteiger partial charge is 0.487 e. The molecule has 4 rings (SSSR count). The monoisotopic (exact) mass is 398 g/mol. The molecule has 0 aliphatic carbocycles. The van der Waals surface area contributed by atoms with Gasteiger partial charge in [-0.1, -0.05) is 12.1 Å². The van der Waals surface area contributed by atoms with E-state index in [1.54, 1.807) is 29.7 Å². The predicted molar refractivity (Wildman–Crippen MR) is 105 cm³/mol. The molecule has 144 valence electrons. The normalized spacial score (nSPS) is 14.6. The Morgan fingerprint density at radius 3 is 2.75 bits per heavy atom. The third-order valence-corrected chi connectivity index (χ3v) is 4.93. The Morgan fingerprint density at radius 2 is 1.89 bits per heavy atom. The summed E-state index contributed by atoms with van der Waals surface area (Å²) in [5.74, 6) is 1.93. The Bertz CT molecular complexity index is 944. The summed E-state index contributed by atoms with van der Waals surface area (Å²) in [5.41, 5.74) is 1.88. The molecule has 8 heteroatoms. The molecule has 0 aromatic heterocycles. The minimum absolute atomic E-state index is 0.213. The summed E-state index contributed by atoms with van der Waals surface area (Å²) in [6, 6.07) is 12.3. The van der Waals surface area contributed by atoms with Crippen molar-refractivity contribution in [2.45, 2.75) is 6.54 Å². The van der Waals surface area contributed by atoms with Gasteiger partial charge < -0.3 is 24.8 Å². The highest BCUT2D eigenvalue weighted by atomic mass is 32.2. The summed E-state index contributed by atoms with van der Waals surface area (Å²) in [5, 5.41) is 7.31. The van der Waals surface area contributed by atoms with E-state index in [0.29, 0.717) is 35.9 Å². The molecule has 2 aliphatic rings. The predicted octanol–water partition coefficient (Wildman–Crippen LogP) is 2.89. The van der Waals surface area contributed by atoms with Gasteiger partial charge in [-0.05, 0) is 35.9 Å². The zero-order valence-electron chi connectivity index (χ0n) is 14.9. The number of hydrogen-bond acceptors (Lipinski definition) is 6. The van der Waals surface area contributed by atoms with Crippen molar-refractivity contribution in [1.82, 2.24) is 5.32 Å². The SMILES string of the molecule is O=C(Nc1cccc(C(=O)NCc2ccc3c(c2)OCO3)c1)C1=CSCCO1. The lowest BCUT2D eigenvalue weighted by atomic mass is 10.1. The minimum atomic E-state index is -0.329. The average Bonchev–Trinajstić information content (AvgIpc) is 3.20. The number of benzene rings is 2. The Hall–Kier alpha value is -3.13. The molecule has 0 atom stereocenters. The van der Waals surface area contributed by atoms with Crippen molar-refractivity contribution < 1.29 is 23.8 Å². The molecule has 2 aromatic rings. The fourth-order valence-corrected chi connectivity index (χ4v) is 3.38. The van der Waals surface area contributed by atoms with Gasteiger partial charge in [0.15, 0.2) is 17.3 Å². The molecule has 7 nitrogen and oxygen atoms in total. The van der Waals surface area contributed by atoms with E-state index in [0.717, 1.165) is 11.3 Å². The van der Waals surface area contributed by atoms with Crippen LogP contribution in [-0.4, -0.2) is 31.0 Å². The second kappa shape index (κ2) is 8.26. The van der Waals surface area contributed by atoms with Crippen LogP contribution in [0.25, 0.3) is 0 Å². The van der Waals surface area contributed by atoms with E-state index in [9.17, 15) is 9.59 Å². The lowest BCUT2D eigenvalue weighted by Crippen LogP contribution is -2.23. The molecule has 2 heterocycles. The van der Waals surface area contributed by atoms with Gasteiger partial charge in [-0.3, -0.25) is 9.59 Å². The molecular formula is C20H18N2O5S. The summed E-state index contributed by atoms with van der Waals surface area (Å²) < 4.78 is 16.0. The average molecular weight is 398 g/mol. The van der Waals surface area contributed by atoms with E-state index >= 15 is 0 Å². The summed E-state index contributed by atoms with van der Waals surface area (Å²) in [7, 11) is 0. The van der Waals surface area contributed by atoms with Crippen LogP contribution in [-0.2, 0) is 16.1 Å². The Morgan fingerprint density at radius 1 is 1.00 bits per heavy atom. The molecule has 0 spiro atoms. The first-order chi connectivity index (χ1) is 13.7. The van der Waals surface area contributed by atoms with Crippen molar-refractivity contribution >= 4 is 29.3 Å². The number of nitrogens with one attached hydrogen (secondary N) is 2. The number of fused-ring (bicyclic) bond motifs is 1. The molecule has 0 bridgehead atoms. The minimum Gasteiger partial charge on any atom is -0.487 e. The second-order valence-corrected chi connectivity index (χ2v) is 7.08. The topological polar surface area (TPSA) is 85.9 Å². The molecular weight excluding hydrogens is 380 g/mol. The van der Waals surface area contributed by atoms with E-state index in [1.165, 1.54) is 11.8 Å². The Labute approximate surface area is 166 Å². The van der Waals surface area contributed by atoms with Crippen LogP contribution in [0.15, 0.2) is 53.6 Å². The maximum Gasteiger partial charge on any atom is 0.291 e. The molecule has 2 amide bonds. The molecule has 0 saturated heterocycles. The van der Waals surface area contributed by atoms with Crippen LogP contribution < -0.4 is 20.1 Å². The van der Waals surface area contributed by atoms with Crippen LogP contribution in [0.1, 0.15) is 15.9 Å². The summed E-state index contributed by atoms with van der Waals surface area (Å²) in [4.78, 5) is 24.7. The zero-order valence-corrected chi connectivity index (χ0v) is 15.7. The van der Waals surface area contributed by atoms with Gasteiger partial charge in [0.2, 0.25) is 6.79 Å². The van der Waals surface area contributed by atoms with Gasteiger partial charge in [0.05, 0.1) is 6.61 Å². The van der Waals surface area contributed by atoms with E-state index in [2.05, 4.69) is 10.6 Å². The number of amides is 2. The molecule has 2 aliphatic heterocycles. The van der Waals surface area contributed by atoms with Gasteiger partial charge in [-0.15, -0.1) is 11.8 Å². The van der Waals surface area contributed by atoms with Crippen molar-refractivity contribution in [1.29, 1.82) is 0 Å². The lowest BCUT2D eigenvalue weighted by molar-refractivity contribution is -0.116. The fraction of sp³-hybridized carbons (Fsp3) is 0.200. The number of anilines is 1. The van der Waals surface area contributed by atoms with Gasteiger partial charge in [0.1, 0.15) is 0 Å².